The van der Waals surface area contributed by atoms with Crippen LogP contribution >= 0.6 is 0 Å². The van der Waals surface area contributed by atoms with Crippen LogP contribution in [0.25, 0.3) is 10.9 Å². The third-order valence-electron chi connectivity index (χ3n) is 4.57. The van der Waals surface area contributed by atoms with Gasteiger partial charge >= 0.3 is 0 Å². The van der Waals surface area contributed by atoms with Gasteiger partial charge in [0.15, 0.2) is 0 Å². The predicted molar refractivity (Wildman–Crippen MR) is 87.6 cm³/mol. The average molecular weight is 318 g/mol. The van der Waals surface area contributed by atoms with E-state index in [0.29, 0.717) is 17.1 Å². The Morgan fingerprint density at radius 3 is 2.96 bits per heavy atom. The Hall–Kier alpha value is -1.95. The summed E-state index contributed by atoms with van der Waals surface area (Å²) in [5.74, 6) is -0.837. The second-order valence-corrected chi connectivity index (χ2v) is 6.64. The Balaban J connectivity index is 1.94. The molecule has 2 heterocycles. The number of fused-ring (bicyclic) bond motifs is 1. The molecular weight excluding hydrogens is 295 g/mol. The maximum Gasteiger partial charge on any atom is 0.221 e. The molecule has 1 aliphatic heterocycles. The van der Waals surface area contributed by atoms with Crippen molar-refractivity contribution in [3.63, 3.8) is 0 Å². The van der Waals surface area contributed by atoms with Crippen molar-refractivity contribution in [2.45, 2.75) is 45.2 Å². The fraction of sp³-hybridized carbons (Fsp3) is 0.529. The van der Waals surface area contributed by atoms with Gasteiger partial charge in [0, 0.05) is 24.2 Å². The van der Waals surface area contributed by atoms with E-state index in [9.17, 15) is 9.18 Å². The highest BCUT2D eigenvalue weighted by atomic mass is 19.1. The highest BCUT2D eigenvalue weighted by Gasteiger charge is 2.24. The van der Waals surface area contributed by atoms with Gasteiger partial charge in [-0.05, 0) is 50.9 Å². The summed E-state index contributed by atoms with van der Waals surface area (Å²) in [6, 6.07) is 3.60. The van der Waals surface area contributed by atoms with Crippen molar-refractivity contribution >= 4 is 16.8 Å². The molecule has 124 valence electrons. The number of hydrogen-bond donors (Lipinski definition) is 1. The van der Waals surface area contributed by atoms with Gasteiger partial charge in [0.2, 0.25) is 5.91 Å². The lowest BCUT2D eigenvalue weighted by molar-refractivity contribution is -0.117. The van der Waals surface area contributed by atoms with Gasteiger partial charge in [-0.15, -0.1) is 0 Å². The van der Waals surface area contributed by atoms with E-state index in [0.717, 1.165) is 31.3 Å². The number of piperidine rings is 1. The second kappa shape index (κ2) is 6.28. The summed E-state index contributed by atoms with van der Waals surface area (Å²) < 4.78 is 15.7. The van der Waals surface area contributed by atoms with Crippen molar-refractivity contribution in [1.29, 1.82) is 0 Å². The number of likely N-dealkylation sites (tertiary alicyclic amines) is 1. The summed E-state index contributed by atoms with van der Waals surface area (Å²) in [7, 11) is 0. The van der Waals surface area contributed by atoms with Gasteiger partial charge < -0.3 is 5.73 Å². The van der Waals surface area contributed by atoms with E-state index in [2.05, 4.69) is 23.8 Å². The summed E-state index contributed by atoms with van der Waals surface area (Å²) in [5.41, 5.74) is 6.50. The van der Waals surface area contributed by atoms with E-state index in [1.54, 1.807) is 0 Å². The highest BCUT2D eigenvalue weighted by Crippen LogP contribution is 2.26. The molecule has 1 unspecified atom stereocenters. The van der Waals surface area contributed by atoms with Crippen LogP contribution in [0.1, 0.15) is 38.3 Å². The minimum absolute atomic E-state index is 0.00800. The van der Waals surface area contributed by atoms with Gasteiger partial charge in [-0.25, -0.2) is 4.39 Å². The molecule has 5 nitrogen and oxygen atoms in total. The van der Waals surface area contributed by atoms with Crippen LogP contribution in [-0.2, 0) is 11.2 Å². The number of carbonyl (C=O) groups excluding carboxylic acids is 1. The fourth-order valence-corrected chi connectivity index (χ4v) is 3.36. The number of primary amides is 1. The molecule has 1 fully saturated rings. The number of halogens is 1. The summed E-state index contributed by atoms with van der Waals surface area (Å²) in [5, 5.41) is 5.36. The lowest BCUT2D eigenvalue weighted by Crippen LogP contribution is -2.40. The Labute approximate surface area is 135 Å². The maximum absolute atomic E-state index is 13.8. The minimum atomic E-state index is -0.477. The molecule has 0 aliphatic carbocycles. The fourth-order valence-electron chi connectivity index (χ4n) is 3.36. The van der Waals surface area contributed by atoms with Crippen LogP contribution in [0.15, 0.2) is 18.3 Å². The lowest BCUT2D eigenvalue weighted by Gasteiger charge is -2.35. The van der Waals surface area contributed by atoms with Crippen molar-refractivity contribution in [3.05, 3.63) is 29.7 Å². The zero-order valence-electron chi connectivity index (χ0n) is 13.6. The van der Waals surface area contributed by atoms with Crippen LogP contribution in [0.4, 0.5) is 4.39 Å². The van der Waals surface area contributed by atoms with E-state index in [1.165, 1.54) is 12.1 Å². The number of nitrogens with zero attached hydrogens (tertiary/aromatic N) is 3. The molecule has 1 amide bonds. The average Bonchev–Trinajstić information content (AvgIpc) is 2.90. The molecule has 1 atom stereocenters. The Kier molecular flexibility index (Phi) is 4.35. The lowest BCUT2D eigenvalue weighted by atomic mass is 10.0. The molecule has 3 rings (SSSR count). The number of carbonyl (C=O) groups is 1. The quantitative estimate of drug-likeness (QED) is 0.940. The summed E-state index contributed by atoms with van der Waals surface area (Å²) in [6.45, 7) is 6.44. The first kappa shape index (κ1) is 15.9. The van der Waals surface area contributed by atoms with E-state index in [-0.39, 0.29) is 18.3 Å². The van der Waals surface area contributed by atoms with E-state index >= 15 is 0 Å². The first-order chi connectivity index (χ1) is 10.9. The topological polar surface area (TPSA) is 64.2 Å². The van der Waals surface area contributed by atoms with Crippen LogP contribution in [0.2, 0.25) is 0 Å². The number of nitrogens with two attached hydrogens (primary N) is 1. The van der Waals surface area contributed by atoms with Gasteiger partial charge in [0.1, 0.15) is 5.82 Å². The van der Waals surface area contributed by atoms with E-state index in [1.807, 2.05) is 10.9 Å². The van der Waals surface area contributed by atoms with Crippen molar-refractivity contribution in [1.82, 2.24) is 14.7 Å². The third-order valence-corrected chi connectivity index (χ3v) is 4.57. The SMILES string of the molecule is CC(C)N1CCCC(n2cc3cc(F)cc(CC(N)=O)c3n2)C1. The molecule has 0 spiro atoms. The van der Waals surface area contributed by atoms with Crippen LogP contribution in [0, 0.1) is 5.82 Å². The van der Waals surface area contributed by atoms with Crippen molar-refractivity contribution in [2.75, 3.05) is 13.1 Å². The Bertz CT molecular complexity index is 725. The van der Waals surface area contributed by atoms with Crippen LogP contribution in [0.5, 0.6) is 0 Å². The molecule has 1 aliphatic rings. The third kappa shape index (κ3) is 3.37. The highest BCUT2D eigenvalue weighted by molar-refractivity contribution is 5.87. The summed E-state index contributed by atoms with van der Waals surface area (Å²) in [4.78, 5) is 13.6. The summed E-state index contributed by atoms with van der Waals surface area (Å²) in [6.07, 6.45) is 4.08. The molecule has 2 aromatic rings. The molecule has 0 radical (unpaired) electrons. The van der Waals surface area contributed by atoms with Crippen LogP contribution < -0.4 is 5.73 Å². The predicted octanol–water partition coefficient (Wildman–Crippen LogP) is 2.25. The first-order valence-electron chi connectivity index (χ1n) is 8.13. The Morgan fingerprint density at radius 2 is 2.26 bits per heavy atom. The van der Waals surface area contributed by atoms with Gasteiger partial charge in [-0.3, -0.25) is 14.4 Å². The molecule has 2 N–H and O–H groups in total. The normalized spacial score (nSPS) is 19.6. The Morgan fingerprint density at radius 1 is 1.48 bits per heavy atom. The number of amides is 1. The minimum Gasteiger partial charge on any atom is -0.369 e. The van der Waals surface area contributed by atoms with Gasteiger partial charge in [0.25, 0.3) is 0 Å². The molecule has 6 heteroatoms. The molecule has 0 saturated carbocycles. The summed E-state index contributed by atoms with van der Waals surface area (Å²) >= 11 is 0. The van der Waals surface area contributed by atoms with Crippen molar-refractivity contribution < 1.29 is 9.18 Å². The number of hydrogen-bond acceptors (Lipinski definition) is 3. The first-order valence-corrected chi connectivity index (χ1v) is 8.13. The maximum atomic E-state index is 13.8. The van der Waals surface area contributed by atoms with Gasteiger partial charge in [0.05, 0.1) is 18.0 Å². The van der Waals surface area contributed by atoms with Crippen LogP contribution in [0.3, 0.4) is 0 Å². The molecular formula is C17H23FN4O. The second-order valence-electron chi connectivity index (χ2n) is 6.64. The number of aromatic nitrogens is 2. The largest absolute Gasteiger partial charge is 0.369 e. The molecule has 23 heavy (non-hydrogen) atoms. The van der Waals surface area contributed by atoms with Gasteiger partial charge in [-0.2, -0.15) is 5.10 Å². The van der Waals surface area contributed by atoms with Gasteiger partial charge in [-0.1, -0.05) is 0 Å². The standard InChI is InChI=1S/C17H23FN4O/c1-11(2)21-5-3-4-15(10-21)22-9-13-7-14(18)6-12(8-16(19)23)17(13)20-22/h6-7,9,11,15H,3-5,8,10H2,1-2H3,(H2,19,23). The molecule has 1 aromatic heterocycles. The van der Waals surface area contributed by atoms with Crippen LogP contribution in [-0.4, -0.2) is 39.7 Å². The number of benzene rings is 1. The van der Waals surface area contributed by atoms with E-state index in [4.69, 9.17) is 5.73 Å². The molecule has 1 saturated heterocycles. The zero-order valence-corrected chi connectivity index (χ0v) is 13.6. The zero-order chi connectivity index (χ0) is 16.6. The number of rotatable bonds is 4. The van der Waals surface area contributed by atoms with Crippen molar-refractivity contribution in [2.24, 2.45) is 5.73 Å². The van der Waals surface area contributed by atoms with Crippen molar-refractivity contribution in [3.8, 4) is 0 Å². The monoisotopic (exact) mass is 318 g/mol. The molecule has 0 bridgehead atoms. The molecule has 1 aromatic carbocycles. The van der Waals surface area contributed by atoms with E-state index < -0.39 is 5.91 Å². The smallest absolute Gasteiger partial charge is 0.221 e.